The molecule has 0 unspecified atom stereocenters. The SMILES string of the molecule is CC(C)(C)OC(=O)N(C#Cc1ccccc1)c1ccc2ccccc2c1. The smallest absolute Gasteiger partial charge is 0.426 e. The first-order valence-electron chi connectivity index (χ1n) is 8.51. The Morgan fingerprint density at radius 2 is 1.54 bits per heavy atom. The van der Waals surface area contributed by atoms with Crippen LogP contribution in [0.15, 0.2) is 72.8 Å². The van der Waals surface area contributed by atoms with Gasteiger partial charge < -0.3 is 4.74 Å². The molecule has 0 saturated carbocycles. The molecule has 0 saturated heterocycles. The highest BCUT2D eigenvalue weighted by Gasteiger charge is 2.22. The molecule has 0 N–H and O–H groups in total. The predicted octanol–water partition coefficient (Wildman–Crippen LogP) is 5.59. The highest BCUT2D eigenvalue weighted by molar-refractivity contribution is 5.95. The number of fused-ring (bicyclic) bond motifs is 1. The summed E-state index contributed by atoms with van der Waals surface area (Å²) in [6.07, 6.45) is -0.490. The summed E-state index contributed by atoms with van der Waals surface area (Å²) < 4.78 is 5.54. The molecule has 0 aliphatic heterocycles. The summed E-state index contributed by atoms with van der Waals surface area (Å²) in [5.41, 5.74) is 0.920. The molecule has 0 aromatic heterocycles. The minimum atomic E-state index is -0.597. The number of hydrogen-bond donors (Lipinski definition) is 0. The van der Waals surface area contributed by atoms with Crippen molar-refractivity contribution < 1.29 is 9.53 Å². The second kappa shape index (κ2) is 7.33. The van der Waals surface area contributed by atoms with E-state index in [1.807, 2.05) is 93.6 Å². The molecule has 130 valence electrons. The molecule has 26 heavy (non-hydrogen) atoms. The molecule has 3 aromatic rings. The number of rotatable bonds is 1. The molecule has 3 rings (SSSR count). The lowest BCUT2D eigenvalue weighted by atomic mass is 10.1. The Kier molecular flexibility index (Phi) is 4.95. The average molecular weight is 343 g/mol. The van der Waals surface area contributed by atoms with Crippen LogP contribution in [-0.2, 0) is 4.74 Å². The van der Waals surface area contributed by atoms with Crippen molar-refractivity contribution in [1.29, 1.82) is 0 Å². The van der Waals surface area contributed by atoms with E-state index < -0.39 is 11.7 Å². The van der Waals surface area contributed by atoms with Gasteiger partial charge in [-0.05, 0) is 61.7 Å². The topological polar surface area (TPSA) is 29.5 Å². The molecule has 3 heteroatoms. The summed E-state index contributed by atoms with van der Waals surface area (Å²) in [5, 5.41) is 2.15. The standard InChI is InChI=1S/C23H21NO2/c1-23(2,3)26-22(25)24(16-15-18-9-5-4-6-10-18)21-14-13-19-11-7-8-12-20(19)17-21/h4-14,17H,1-3H3. The van der Waals surface area contributed by atoms with Gasteiger partial charge in [0.05, 0.1) is 5.69 Å². The van der Waals surface area contributed by atoms with Crippen molar-refractivity contribution in [3.05, 3.63) is 78.4 Å². The first-order valence-corrected chi connectivity index (χ1v) is 8.51. The lowest BCUT2D eigenvalue weighted by Gasteiger charge is -2.24. The summed E-state index contributed by atoms with van der Waals surface area (Å²) in [6.45, 7) is 5.52. The summed E-state index contributed by atoms with van der Waals surface area (Å²) in [6, 6.07) is 26.3. The van der Waals surface area contributed by atoms with Gasteiger partial charge in [0.1, 0.15) is 5.60 Å². The maximum absolute atomic E-state index is 12.7. The van der Waals surface area contributed by atoms with E-state index in [0.717, 1.165) is 16.3 Å². The molecule has 0 atom stereocenters. The van der Waals surface area contributed by atoms with Crippen molar-refractivity contribution in [3.63, 3.8) is 0 Å². The third-order valence-corrected chi connectivity index (χ3v) is 3.65. The zero-order valence-electron chi connectivity index (χ0n) is 15.2. The second-order valence-corrected chi connectivity index (χ2v) is 6.95. The molecule has 0 radical (unpaired) electrons. The van der Waals surface area contributed by atoms with E-state index in [1.165, 1.54) is 4.90 Å². The number of benzene rings is 3. The van der Waals surface area contributed by atoms with Crippen LogP contribution in [0.1, 0.15) is 26.3 Å². The number of carbonyl (C=O) groups excluding carboxylic acids is 1. The van der Waals surface area contributed by atoms with Crippen LogP contribution in [0.4, 0.5) is 10.5 Å². The third kappa shape index (κ3) is 4.43. The van der Waals surface area contributed by atoms with E-state index in [2.05, 4.69) is 12.0 Å². The van der Waals surface area contributed by atoms with Crippen LogP contribution in [0, 0.1) is 12.0 Å². The number of anilines is 1. The van der Waals surface area contributed by atoms with Gasteiger partial charge in [-0.3, -0.25) is 0 Å². The fourth-order valence-electron chi connectivity index (χ4n) is 2.48. The van der Waals surface area contributed by atoms with Crippen LogP contribution in [0.5, 0.6) is 0 Å². The minimum absolute atomic E-state index is 0.490. The Morgan fingerprint density at radius 3 is 2.23 bits per heavy atom. The Morgan fingerprint density at radius 1 is 0.885 bits per heavy atom. The van der Waals surface area contributed by atoms with Crippen molar-refractivity contribution in [2.45, 2.75) is 26.4 Å². The molecule has 0 fully saturated rings. The zero-order chi connectivity index (χ0) is 18.6. The van der Waals surface area contributed by atoms with Crippen LogP contribution in [-0.4, -0.2) is 11.7 Å². The van der Waals surface area contributed by atoms with Crippen LogP contribution in [0.2, 0.25) is 0 Å². The normalized spacial score (nSPS) is 10.7. The van der Waals surface area contributed by atoms with E-state index in [9.17, 15) is 4.79 Å². The molecular weight excluding hydrogens is 322 g/mol. The third-order valence-electron chi connectivity index (χ3n) is 3.65. The van der Waals surface area contributed by atoms with Crippen molar-refractivity contribution in [1.82, 2.24) is 0 Å². The summed E-state index contributed by atoms with van der Waals surface area (Å²) >= 11 is 0. The molecular formula is C23H21NO2. The highest BCUT2D eigenvalue weighted by atomic mass is 16.6. The molecule has 0 bridgehead atoms. The summed E-state index contributed by atoms with van der Waals surface area (Å²) in [7, 11) is 0. The molecule has 0 spiro atoms. The van der Waals surface area contributed by atoms with Crippen LogP contribution in [0.3, 0.4) is 0 Å². The van der Waals surface area contributed by atoms with Crippen molar-refractivity contribution in [2.75, 3.05) is 4.90 Å². The highest BCUT2D eigenvalue weighted by Crippen LogP contribution is 2.23. The lowest BCUT2D eigenvalue weighted by molar-refractivity contribution is 0.0600. The van der Waals surface area contributed by atoms with Gasteiger partial charge in [0.25, 0.3) is 0 Å². The van der Waals surface area contributed by atoms with Crippen molar-refractivity contribution in [3.8, 4) is 12.0 Å². The largest absolute Gasteiger partial charge is 0.443 e. The number of amides is 1. The van der Waals surface area contributed by atoms with E-state index in [4.69, 9.17) is 4.74 Å². The quantitative estimate of drug-likeness (QED) is 0.426. The van der Waals surface area contributed by atoms with Gasteiger partial charge in [-0.2, -0.15) is 0 Å². The van der Waals surface area contributed by atoms with Gasteiger partial charge in [-0.15, -0.1) is 0 Å². The fraction of sp³-hybridized carbons (Fsp3) is 0.174. The number of hydrogen-bond acceptors (Lipinski definition) is 2. The van der Waals surface area contributed by atoms with Gasteiger partial charge in [-0.1, -0.05) is 48.5 Å². The van der Waals surface area contributed by atoms with Crippen molar-refractivity contribution in [2.24, 2.45) is 0 Å². The maximum Gasteiger partial charge on any atom is 0.426 e. The van der Waals surface area contributed by atoms with Crippen LogP contribution >= 0.6 is 0 Å². The molecule has 0 aliphatic rings. The van der Waals surface area contributed by atoms with E-state index in [1.54, 1.807) is 0 Å². The fourth-order valence-corrected chi connectivity index (χ4v) is 2.48. The zero-order valence-corrected chi connectivity index (χ0v) is 15.2. The second-order valence-electron chi connectivity index (χ2n) is 6.95. The van der Waals surface area contributed by atoms with Gasteiger partial charge in [0, 0.05) is 11.6 Å². The number of ether oxygens (including phenoxy) is 1. The monoisotopic (exact) mass is 343 g/mol. The number of nitrogens with zero attached hydrogens (tertiary/aromatic N) is 1. The first kappa shape index (κ1) is 17.6. The van der Waals surface area contributed by atoms with E-state index >= 15 is 0 Å². The van der Waals surface area contributed by atoms with Gasteiger partial charge in [-0.25, -0.2) is 9.69 Å². The molecule has 0 heterocycles. The lowest BCUT2D eigenvalue weighted by Crippen LogP contribution is -2.34. The first-order chi connectivity index (χ1) is 12.4. The maximum atomic E-state index is 12.7. The van der Waals surface area contributed by atoms with Gasteiger partial charge in [0.2, 0.25) is 0 Å². The summed E-state index contributed by atoms with van der Waals surface area (Å²) in [5.74, 6) is 3.03. The Bertz CT molecular complexity index is 976. The van der Waals surface area contributed by atoms with E-state index in [-0.39, 0.29) is 0 Å². The molecule has 1 amide bonds. The van der Waals surface area contributed by atoms with Gasteiger partial charge >= 0.3 is 6.09 Å². The minimum Gasteiger partial charge on any atom is -0.443 e. The Balaban J connectivity index is 2.01. The average Bonchev–Trinajstić information content (AvgIpc) is 2.61. The molecule has 3 nitrogen and oxygen atoms in total. The molecule has 3 aromatic carbocycles. The Labute approximate surface area is 154 Å². The van der Waals surface area contributed by atoms with Gasteiger partial charge in [0.15, 0.2) is 0 Å². The van der Waals surface area contributed by atoms with Crippen LogP contribution < -0.4 is 4.90 Å². The van der Waals surface area contributed by atoms with E-state index in [0.29, 0.717) is 5.69 Å². The Hall–Kier alpha value is -3.25. The van der Waals surface area contributed by atoms with Crippen molar-refractivity contribution >= 4 is 22.6 Å². The number of carbonyl (C=O) groups is 1. The summed E-state index contributed by atoms with van der Waals surface area (Å²) in [4.78, 5) is 14.1. The predicted molar refractivity (Wildman–Crippen MR) is 106 cm³/mol. The van der Waals surface area contributed by atoms with Crippen LogP contribution in [0.25, 0.3) is 10.8 Å². The molecule has 0 aliphatic carbocycles.